The second-order valence-corrected chi connectivity index (χ2v) is 4.85. The number of nitrogens with zero attached hydrogens (tertiary/aromatic N) is 3. The largest absolute Gasteiger partial charge is 0.388 e. The Bertz CT molecular complexity index is 846. The SMILES string of the molecule is Cc1cccc(-n2c(CO)nn3ccc(C)c3c2=O)c1. The summed E-state index contributed by atoms with van der Waals surface area (Å²) in [6.45, 7) is 3.54. The van der Waals surface area contributed by atoms with E-state index in [0.29, 0.717) is 11.3 Å². The Kier molecular flexibility index (Phi) is 2.91. The summed E-state index contributed by atoms with van der Waals surface area (Å²) >= 11 is 0. The van der Waals surface area contributed by atoms with Crippen LogP contribution in [0.1, 0.15) is 17.0 Å². The van der Waals surface area contributed by atoms with Crippen molar-refractivity contribution in [3.63, 3.8) is 0 Å². The Morgan fingerprint density at radius 3 is 2.75 bits per heavy atom. The lowest BCUT2D eigenvalue weighted by Gasteiger charge is -2.12. The number of benzene rings is 1. The normalized spacial score (nSPS) is 11.2. The third-order valence-corrected chi connectivity index (χ3v) is 3.36. The Hall–Kier alpha value is -2.40. The Morgan fingerprint density at radius 2 is 2.05 bits per heavy atom. The second-order valence-electron chi connectivity index (χ2n) is 4.85. The molecule has 0 unspecified atom stereocenters. The first kappa shape index (κ1) is 12.6. The van der Waals surface area contributed by atoms with Gasteiger partial charge in [-0.15, -0.1) is 0 Å². The molecule has 0 radical (unpaired) electrons. The first-order valence-electron chi connectivity index (χ1n) is 6.39. The minimum Gasteiger partial charge on any atom is -0.388 e. The molecule has 0 aliphatic carbocycles. The molecule has 3 aromatic rings. The molecule has 2 heterocycles. The van der Waals surface area contributed by atoms with Crippen molar-refractivity contribution in [3.8, 4) is 5.69 Å². The number of aliphatic hydroxyl groups is 1. The van der Waals surface area contributed by atoms with Gasteiger partial charge in [-0.05, 0) is 43.2 Å². The van der Waals surface area contributed by atoms with E-state index >= 15 is 0 Å². The van der Waals surface area contributed by atoms with Crippen molar-refractivity contribution >= 4 is 5.52 Å². The van der Waals surface area contributed by atoms with Crippen LogP contribution in [-0.4, -0.2) is 19.3 Å². The molecule has 0 saturated carbocycles. The molecular formula is C15H15N3O2. The number of aromatic nitrogens is 3. The predicted molar refractivity (Wildman–Crippen MR) is 76.2 cm³/mol. The molecule has 1 aromatic carbocycles. The van der Waals surface area contributed by atoms with Crippen LogP contribution in [0.15, 0.2) is 41.3 Å². The van der Waals surface area contributed by atoms with E-state index in [1.165, 1.54) is 9.08 Å². The van der Waals surface area contributed by atoms with Gasteiger partial charge in [0.15, 0.2) is 5.82 Å². The van der Waals surface area contributed by atoms with E-state index in [2.05, 4.69) is 5.10 Å². The van der Waals surface area contributed by atoms with Crippen molar-refractivity contribution in [2.24, 2.45) is 0 Å². The topological polar surface area (TPSA) is 59.5 Å². The van der Waals surface area contributed by atoms with E-state index in [-0.39, 0.29) is 12.2 Å². The van der Waals surface area contributed by atoms with E-state index in [0.717, 1.165) is 16.8 Å². The molecule has 20 heavy (non-hydrogen) atoms. The highest BCUT2D eigenvalue weighted by Crippen LogP contribution is 2.13. The molecule has 3 rings (SSSR count). The van der Waals surface area contributed by atoms with Gasteiger partial charge in [0, 0.05) is 6.20 Å². The summed E-state index contributed by atoms with van der Waals surface area (Å²) in [5.41, 5.74) is 2.99. The summed E-state index contributed by atoms with van der Waals surface area (Å²) in [6, 6.07) is 9.42. The Labute approximate surface area is 115 Å². The van der Waals surface area contributed by atoms with Crippen LogP contribution in [0.25, 0.3) is 11.2 Å². The maximum Gasteiger partial charge on any atom is 0.282 e. The fourth-order valence-electron chi connectivity index (χ4n) is 2.39. The zero-order valence-electron chi connectivity index (χ0n) is 11.4. The third-order valence-electron chi connectivity index (χ3n) is 3.36. The van der Waals surface area contributed by atoms with Crippen LogP contribution in [0.5, 0.6) is 0 Å². The summed E-state index contributed by atoms with van der Waals surface area (Å²) in [7, 11) is 0. The van der Waals surface area contributed by atoms with E-state index in [1.54, 1.807) is 6.20 Å². The van der Waals surface area contributed by atoms with Gasteiger partial charge in [0.05, 0.1) is 5.69 Å². The molecule has 2 aromatic heterocycles. The van der Waals surface area contributed by atoms with Crippen LogP contribution >= 0.6 is 0 Å². The lowest BCUT2D eigenvalue weighted by Crippen LogP contribution is -2.26. The van der Waals surface area contributed by atoms with Gasteiger partial charge in [0.2, 0.25) is 0 Å². The maximum atomic E-state index is 12.7. The van der Waals surface area contributed by atoms with Gasteiger partial charge in [-0.1, -0.05) is 12.1 Å². The highest BCUT2D eigenvalue weighted by atomic mass is 16.3. The molecule has 0 saturated heterocycles. The van der Waals surface area contributed by atoms with E-state index in [4.69, 9.17) is 0 Å². The van der Waals surface area contributed by atoms with Gasteiger partial charge in [-0.2, -0.15) is 5.10 Å². The summed E-state index contributed by atoms with van der Waals surface area (Å²) in [5.74, 6) is 0.323. The van der Waals surface area contributed by atoms with Crippen LogP contribution in [0.3, 0.4) is 0 Å². The molecule has 0 bridgehead atoms. The van der Waals surface area contributed by atoms with Gasteiger partial charge in [-0.3, -0.25) is 9.36 Å². The van der Waals surface area contributed by atoms with Crippen molar-refractivity contribution in [2.45, 2.75) is 20.5 Å². The molecule has 0 amide bonds. The predicted octanol–water partition coefficient (Wildman–Crippen LogP) is 1.59. The summed E-state index contributed by atoms with van der Waals surface area (Å²) in [5, 5.41) is 13.8. The van der Waals surface area contributed by atoms with E-state index < -0.39 is 0 Å². The van der Waals surface area contributed by atoms with Crippen molar-refractivity contribution in [1.82, 2.24) is 14.2 Å². The number of aliphatic hydroxyl groups excluding tert-OH is 1. The van der Waals surface area contributed by atoms with Crippen LogP contribution in [-0.2, 0) is 6.61 Å². The standard InChI is InChI=1S/C15H15N3O2/c1-10-4-3-5-12(8-10)18-13(9-19)16-17-7-6-11(2)14(17)15(18)20/h3-8,19H,9H2,1-2H3. The molecule has 0 spiro atoms. The molecule has 5 nitrogen and oxygen atoms in total. The number of hydrogen-bond donors (Lipinski definition) is 1. The molecule has 0 aliphatic heterocycles. The minimum absolute atomic E-state index is 0.169. The quantitative estimate of drug-likeness (QED) is 0.768. The fraction of sp³-hybridized carbons (Fsp3) is 0.200. The van der Waals surface area contributed by atoms with Crippen molar-refractivity contribution < 1.29 is 5.11 Å². The van der Waals surface area contributed by atoms with Gasteiger partial charge in [-0.25, -0.2) is 4.52 Å². The smallest absolute Gasteiger partial charge is 0.282 e. The highest BCUT2D eigenvalue weighted by Gasteiger charge is 2.14. The second kappa shape index (κ2) is 4.61. The van der Waals surface area contributed by atoms with E-state index in [1.807, 2.05) is 44.2 Å². The summed E-state index contributed by atoms with van der Waals surface area (Å²) in [6.07, 6.45) is 1.73. The third kappa shape index (κ3) is 1.83. The zero-order chi connectivity index (χ0) is 14.3. The highest BCUT2D eigenvalue weighted by molar-refractivity contribution is 5.54. The van der Waals surface area contributed by atoms with E-state index in [9.17, 15) is 9.90 Å². The van der Waals surface area contributed by atoms with Crippen LogP contribution in [0.2, 0.25) is 0 Å². The van der Waals surface area contributed by atoms with Gasteiger partial charge < -0.3 is 5.11 Å². The Balaban J connectivity index is 2.42. The lowest BCUT2D eigenvalue weighted by atomic mass is 10.2. The molecule has 0 aliphatic rings. The lowest BCUT2D eigenvalue weighted by molar-refractivity contribution is 0.264. The minimum atomic E-state index is -0.295. The van der Waals surface area contributed by atoms with Crippen LogP contribution < -0.4 is 5.56 Å². The summed E-state index contributed by atoms with van der Waals surface area (Å²) in [4.78, 5) is 12.7. The van der Waals surface area contributed by atoms with Gasteiger partial charge >= 0.3 is 0 Å². The monoisotopic (exact) mass is 269 g/mol. The maximum absolute atomic E-state index is 12.7. The average Bonchev–Trinajstić information content (AvgIpc) is 2.80. The first-order chi connectivity index (χ1) is 9.61. The molecular weight excluding hydrogens is 254 g/mol. The van der Waals surface area contributed by atoms with Gasteiger partial charge in [0.1, 0.15) is 12.1 Å². The van der Waals surface area contributed by atoms with Crippen molar-refractivity contribution in [2.75, 3.05) is 0 Å². The molecule has 1 N–H and O–H groups in total. The molecule has 102 valence electrons. The van der Waals surface area contributed by atoms with Crippen molar-refractivity contribution in [1.29, 1.82) is 0 Å². The molecule has 0 atom stereocenters. The molecule has 0 fully saturated rings. The Morgan fingerprint density at radius 1 is 1.25 bits per heavy atom. The number of hydrogen-bond acceptors (Lipinski definition) is 3. The van der Waals surface area contributed by atoms with Crippen molar-refractivity contribution in [3.05, 3.63) is 63.8 Å². The molecule has 5 heteroatoms. The first-order valence-corrected chi connectivity index (χ1v) is 6.39. The number of fused-ring (bicyclic) bond motifs is 1. The van der Waals surface area contributed by atoms with Crippen LogP contribution in [0.4, 0.5) is 0 Å². The summed E-state index contributed by atoms with van der Waals surface area (Å²) < 4.78 is 2.99. The fourth-order valence-corrected chi connectivity index (χ4v) is 2.39. The zero-order valence-corrected chi connectivity index (χ0v) is 11.4. The average molecular weight is 269 g/mol. The van der Waals surface area contributed by atoms with Gasteiger partial charge in [0.25, 0.3) is 5.56 Å². The van der Waals surface area contributed by atoms with Crippen LogP contribution in [0, 0.1) is 13.8 Å². The number of aryl methyl sites for hydroxylation is 2. The number of rotatable bonds is 2.